The molecule has 7 heteroatoms. The Labute approximate surface area is 130 Å². The molecule has 1 N–H and O–H groups in total. The largest absolute Gasteiger partial charge is 0.416 e. The second-order valence-corrected chi connectivity index (χ2v) is 5.33. The van der Waals surface area contributed by atoms with Crippen LogP contribution in [0.3, 0.4) is 0 Å². The van der Waals surface area contributed by atoms with Crippen LogP contribution in [-0.4, -0.2) is 37.0 Å². The quantitative estimate of drug-likeness (QED) is 0.834. The lowest BCUT2D eigenvalue weighted by molar-refractivity contribution is -0.137. The van der Waals surface area contributed by atoms with E-state index in [9.17, 15) is 18.0 Å². The third-order valence-electron chi connectivity index (χ3n) is 3.15. The number of hydrogen-bond acceptors (Lipinski definition) is 2. The van der Waals surface area contributed by atoms with Crippen molar-refractivity contribution >= 4 is 21.8 Å². The number of likely N-dealkylation sites (N-methyl/N-ethyl adjacent to an activating group) is 1. The summed E-state index contributed by atoms with van der Waals surface area (Å²) in [7, 11) is 0. The third-order valence-corrected chi connectivity index (χ3v) is 3.84. The Kier molecular flexibility index (Phi) is 6.67. The molecule has 0 atom stereocenters. The van der Waals surface area contributed by atoms with Crippen LogP contribution in [0.4, 0.5) is 13.2 Å². The van der Waals surface area contributed by atoms with Crippen LogP contribution in [0.25, 0.3) is 0 Å². The molecule has 0 aromatic heterocycles. The van der Waals surface area contributed by atoms with Gasteiger partial charge in [0.2, 0.25) is 0 Å². The summed E-state index contributed by atoms with van der Waals surface area (Å²) in [6, 6.07) is 3.04. The van der Waals surface area contributed by atoms with E-state index in [0.717, 1.165) is 25.2 Å². The second-order valence-electron chi connectivity index (χ2n) is 4.48. The Morgan fingerprint density at radius 3 is 2.43 bits per heavy atom. The van der Waals surface area contributed by atoms with Crippen molar-refractivity contribution in [3.05, 3.63) is 33.8 Å². The van der Waals surface area contributed by atoms with Crippen molar-refractivity contribution in [3.8, 4) is 0 Å². The Bertz CT molecular complexity index is 488. The van der Waals surface area contributed by atoms with Gasteiger partial charge in [0, 0.05) is 17.6 Å². The summed E-state index contributed by atoms with van der Waals surface area (Å²) in [6.07, 6.45) is -4.46. The molecule has 0 saturated heterocycles. The summed E-state index contributed by atoms with van der Waals surface area (Å²) < 4.78 is 38.3. The van der Waals surface area contributed by atoms with Crippen LogP contribution in [0.2, 0.25) is 0 Å². The molecule has 3 nitrogen and oxygen atoms in total. The van der Waals surface area contributed by atoms with Crippen molar-refractivity contribution < 1.29 is 18.0 Å². The highest BCUT2D eigenvalue weighted by Crippen LogP contribution is 2.31. The highest BCUT2D eigenvalue weighted by atomic mass is 79.9. The number of halogens is 4. The molecule has 1 rings (SSSR count). The molecule has 1 aromatic rings. The number of nitrogens with zero attached hydrogens (tertiary/aromatic N) is 1. The van der Waals surface area contributed by atoms with Gasteiger partial charge >= 0.3 is 6.18 Å². The van der Waals surface area contributed by atoms with Gasteiger partial charge in [-0.05, 0) is 47.2 Å². The number of carbonyl (C=O) groups is 1. The average Bonchev–Trinajstić information content (AvgIpc) is 2.42. The van der Waals surface area contributed by atoms with E-state index in [-0.39, 0.29) is 5.56 Å². The topological polar surface area (TPSA) is 32.3 Å². The van der Waals surface area contributed by atoms with Crippen LogP contribution in [0.15, 0.2) is 22.7 Å². The molecule has 0 aliphatic heterocycles. The highest BCUT2D eigenvalue weighted by molar-refractivity contribution is 9.10. The lowest BCUT2D eigenvalue weighted by Gasteiger charge is -2.18. The summed E-state index contributed by atoms with van der Waals surface area (Å²) in [5, 5.41) is 2.64. The van der Waals surface area contributed by atoms with Crippen LogP contribution in [-0.2, 0) is 6.18 Å². The molecule has 0 heterocycles. The Hall–Kier alpha value is -1.08. The van der Waals surface area contributed by atoms with Gasteiger partial charge < -0.3 is 10.2 Å². The van der Waals surface area contributed by atoms with E-state index in [1.54, 1.807) is 0 Å². The molecule has 0 radical (unpaired) electrons. The Morgan fingerprint density at radius 1 is 1.29 bits per heavy atom. The first-order valence-electron chi connectivity index (χ1n) is 6.66. The van der Waals surface area contributed by atoms with Gasteiger partial charge in [0.25, 0.3) is 5.91 Å². The van der Waals surface area contributed by atoms with Gasteiger partial charge in [-0.3, -0.25) is 4.79 Å². The molecule has 1 amide bonds. The minimum Gasteiger partial charge on any atom is -0.351 e. The van der Waals surface area contributed by atoms with Crippen molar-refractivity contribution in [3.63, 3.8) is 0 Å². The fourth-order valence-corrected chi connectivity index (χ4v) is 2.26. The van der Waals surface area contributed by atoms with Gasteiger partial charge in [-0.15, -0.1) is 0 Å². The molecular formula is C14H18BrF3N2O. The molecule has 0 aliphatic rings. The standard InChI is InChI=1S/C14H18BrF3N2O/c1-3-20(4-2)8-7-19-13(21)11-9-10(14(16,17)18)5-6-12(11)15/h5-6,9H,3-4,7-8H2,1-2H3,(H,19,21). The van der Waals surface area contributed by atoms with Gasteiger partial charge in [-0.1, -0.05) is 13.8 Å². The van der Waals surface area contributed by atoms with Crippen molar-refractivity contribution in [1.82, 2.24) is 10.2 Å². The number of carbonyl (C=O) groups excluding carboxylic acids is 1. The van der Waals surface area contributed by atoms with Gasteiger partial charge in [0.15, 0.2) is 0 Å². The van der Waals surface area contributed by atoms with Gasteiger partial charge in [0.05, 0.1) is 11.1 Å². The number of alkyl halides is 3. The van der Waals surface area contributed by atoms with Crippen LogP contribution in [0.1, 0.15) is 29.8 Å². The van der Waals surface area contributed by atoms with E-state index >= 15 is 0 Å². The van der Waals surface area contributed by atoms with Crippen LogP contribution < -0.4 is 5.32 Å². The van der Waals surface area contributed by atoms with E-state index in [1.165, 1.54) is 6.07 Å². The molecule has 118 valence electrons. The minimum absolute atomic E-state index is 0.00984. The number of rotatable bonds is 6. The Balaban J connectivity index is 2.74. The predicted molar refractivity (Wildman–Crippen MR) is 79.3 cm³/mol. The second kappa shape index (κ2) is 7.79. The molecule has 0 spiro atoms. The summed E-state index contributed by atoms with van der Waals surface area (Å²) >= 11 is 3.11. The molecular weight excluding hydrogens is 349 g/mol. The van der Waals surface area contributed by atoms with E-state index in [0.29, 0.717) is 17.6 Å². The maximum atomic E-state index is 12.7. The smallest absolute Gasteiger partial charge is 0.351 e. The van der Waals surface area contributed by atoms with E-state index in [1.807, 2.05) is 13.8 Å². The van der Waals surface area contributed by atoms with E-state index in [2.05, 4.69) is 26.1 Å². The Morgan fingerprint density at radius 2 is 1.90 bits per heavy atom. The van der Waals surface area contributed by atoms with Crippen molar-refractivity contribution in [1.29, 1.82) is 0 Å². The zero-order valence-corrected chi connectivity index (χ0v) is 13.5. The molecule has 0 saturated carbocycles. The minimum atomic E-state index is -4.46. The first-order chi connectivity index (χ1) is 9.79. The molecule has 0 unspecified atom stereocenters. The predicted octanol–water partition coefficient (Wildman–Crippen LogP) is 3.54. The normalized spacial score (nSPS) is 11.8. The molecule has 1 aromatic carbocycles. The lowest BCUT2D eigenvalue weighted by atomic mass is 10.1. The van der Waals surface area contributed by atoms with E-state index < -0.39 is 17.6 Å². The van der Waals surface area contributed by atoms with Gasteiger partial charge in [-0.25, -0.2) is 0 Å². The molecule has 21 heavy (non-hydrogen) atoms. The fourth-order valence-electron chi connectivity index (χ4n) is 1.84. The van der Waals surface area contributed by atoms with Crippen LogP contribution in [0.5, 0.6) is 0 Å². The molecule has 0 bridgehead atoms. The van der Waals surface area contributed by atoms with Crippen molar-refractivity contribution in [2.75, 3.05) is 26.2 Å². The first-order valence-corrected chi connectivity index (χ1v) is 7.46. The number of hydrogen-bond donors (Lipinski definition) is 1. The summed E-state index contributed by atoms with van der Waals surface area (Å²) in [6.45, 7) is 6.79. The SMILES string of the molecule is CCN(CC)CCNC(=O)c1cc(C(F)(F)F)ccc1Br. The maximum absolute atomic E-state index is 12.7. The number of nitrogens with one attached hydrogen (secondary N) is 1. The summed E-state index contributed by atoms with van der Waals surface area (Å²) in [5.74, 6) is -0.514. The fraction of sp³-hybridized carbons (Fsp3) is 0.500. The monoisotopic (exact) mass is 366 g/mol. The zero-order valence-electron chi connectivity index (χ0n) is 11.9. The average molecular weight is 367 g/mol. The summed E-state index contributed by atoms with van der Waals surface area (Å²) in [4.78, 5) is 14.1. The molecule has 0 aliphatic carbocycles. The van der Waals surface area contributed by atoms with Crippen LogP contribution in [0, 0.1) is 0 Å². The van der Waals surface area contributed by atoms with E-state index in [4.69, 9.17) is 0 Å². The zero-order chi connectivity index (χ0) is 16.0. The van der Waals surface area contributed by atoms with Gasteiger partial charge in [-0.2, -0.15) is 13.2 Å². The van der Waals surface area contributed by atoms with Gasteiger partial charge in [0.1, 0.15) is 0 Å². The lowest BCUT2D eigenvalue weighted by Crippen LogP contribution is -2.35. The third kappa shape index (κ3) is 5.32. The highest BCUT2D eigenvalue weighted by Gasteiger charge is 2.31. The maximum Gasteiger partial charge on any atom is 0.416 e. The first kappa shape index (κ1) is 18.0. The number of amides is 1. The number of benzene rings is 1. The molecule has 0 fully saturated rings. The summed E-state index contributed by atoms with van der Waals surface area (Å²) in [5.41, 5.74) is -0.844. The van der Waals surface area contributed by atoms with Crippen molar-refractivity contribution in [2.24, 2.45) is 0 Å². The van der Waals surface area contributed by atoms with Crippen LogP contribution >= 0.6 is 15.9 Å². The van der Waals surface area contributed by atoms with Crippen molar-refractivity contribution in [2.45, 2.75) is 20.0 Å².